The summed E-state index contributed by atoms with van der Waals surface area (Å²) in [5, 5.41) is 0. The number of hydrogen-bond acceptors (Lipinski definition) is 0. The first-order valence-electron chi connectivity index (χ1n) is 6.64. The first kappa shape index (κ1) is 15.2. The lowest BCUT2D eigenvalue weighted by atomic mass is 10.1. The maximum atomic E-state index is 2.39. The van der Waals surface area contributed by atoms with Gasteiger partial charge in [-0.25, -0.2) is 0 Å². The van der Waals surface area contributed by atoms with Gasteiger partial charge in [-0.2, -0.15) is 0 Å². The minimum Gasteiger partial charge on any atom is -0.0944 e. The Morgan fingerprint density at radius 1 is 0.611 bits per heavy atom. The van der Waals surface area contributed by atoms with Crippen molar-refractivity contribution in [2.45, 2.75) is 39.3 Å². The van der Waals surface area contributed by atoms with Crippen LogP contribution in [0.3, 0.4) is 0 Å². The monoisotopic (exact) mass is 274 g/mol. The highest BCUT2D eigenvalue weighted by Crippen LogP contribution is 2.12. The Kier molecular flexibility index (Phi) is 4.94. The van der Waals surface area contributed by atoms with Crippen molar-refractivity contribution in [3.8, 4) is 0 Å². The lowest BCUT2D eigenvalue weighted by molar-refractivity contribution is 1.62. The molecule has 0 nitrogen and oxygen atoms in total. The average molecular weight is 275 g/mol. The van der Waals surface area contributed by atoms with E-state index in [4.69, 9.17) is 0 Å². The minimum absolute atomic E-state index is 1.08. The van der Waals surface area contributed by atoms with Crippen LogP contribution in [-0.2, 0) is 0 Å². The van der Waals surface area contributed by atoms with Crippen molar-refractivity contribution in [3.05, 3.63) is 46.8 Å². The summed E-state index contributed by atoms with van der Waals surface area (Å²) >= 11 is 0. The summed E-state index contributed by atoms with van der Waals surface area (Å²) in [5.41, 5.74) is 7.39. The Morgan fingerprint density at radius 2 is 0.889 bits per heavy atom. The van der Waals surface area contributed by atoms with Crippen LogP contribution in [0.5, 0.6) is 0 Å². The quantitative estimate of drug-likeness (QED) is 0.639. The summed E-state index contributed by atoms with van der Waals surface area (Å²) in [6.45, 7) is 14.1. The third kappa shape index (κ3) is 6.77. The Hall–Kier alpha value is -0.866. The van der Waals surface area contributed by atoms with Gasteiger partial charge in [0.25, 0.3) is 0 Å². The van der Waals surface area contributed by atoms with Crippen molar-refractivity contribution in [3.63, 3.8) is 0 Å². The fraction of sp³-hybridized carbons (Fsp3) is 0.375. The predicted molar refractivity (Wildman–Crippen MR) is 91.2 cm³/mol. The standard InChI is InChI=1S/C16H26Si2/c1-17(2,3)13-11-15-7-9-16(10-8-15)12-14-18(4,5)6/h7-14H,1-6H3. The van der Waals surface area contributed by atoms with Crippen LogP contribution in [0.4, 0.5) is 0 Å². The molecule has 0 radical (unpaired) electrons. The number of rotatable bonds is 4. The summed E-state index contributed by atoms with van der Waals surface area (Å²) in [6, 6.07) is 8.84. The Labute approximate surface area is 114 Å². The molecule has 0 aliphatic rings. The van der Waals surface area contributed by atoms with Gasteiger partial charge in [0.1, 0.15) is 0 Å². The topological polar surface area (TPSA) is 0 Å². The molecule has 98 valence electrons. The summed E-state index contributed by atoms with van der Waals surface area (Å²) < 4.78 is 0. The fourth-order valence-electron chi connectivity index (χ4n) is 1.41. The first-order valence-corrected chi connectivity index (χ1v) is 13.8. The maximum absolute atomic E-state index is 2.39. The molecule has 0 heterocycles. The molecule has 1 rings (SSSR count). The third-order valence-corrected chi connectivity index (χ3v) is 4.82. The van der Waals surface area contributed by atoms with Crippen molar-refractivity contribution in [2.75, 3.05) is 0 Å². The smallest absolute Gasteiger partial charge is 0.0687 e. The summed E-state index contributed by atoms with van der Waals surface area (Å²) in [4.78, 5) is 0. The van der Waals surface area contributed by atoms with E-state index in [2.05, 4.69) is 87.1 Å². The van der Waals surface area contributed by atoms with Crippen molar-refractivity contribution in [1.82, 2.24) is 0 Å². The Bertz CT molecular complexity index is 383. The zero-order chi connectivity index (χ0) is 13.8. The average Bonchev–Trinajstić information content (AvgIpc) is 2.23. The second-order valence-corrected chi connectivity index (χ2v) is 17.2. The molecule has 0 saturated carbocycles. The molecule has 0 aromatic heterocycles. The second kappa shape index (κ2) is 5.85. The molecule has 0 bridgehead atoms. The van der Waals surface area contributed by atoms with Gasteiger partial charge in [-0.05, 0) is 11.1 Å². The van der Waals surface area contributed by atoms with Crippen molar-refractivity contribution >= 4 is 28.3 Å². The summed E-state index contributed by atoms with van der Waals surface area (Å²) in [5.74, 6) is 0. The van der Waals surface area contributed by atoms with Gasteiger partial charge in [0.15, 0.2) is 0 Å². The fourth-order valence-corrected chi connectivity index (χ4v) is 2.80. The van der Waals surface area contributed by atoms with E-state index >= 15 is 0 Å². The van der Waals surface area contributed by atoms with E-state index in [9.17, 15) is 0 Å². The van der Waals surface area contributed by atoms with E-state index in [0.29, 0.717) is 0 Å². The van der Waals surface area contributed by atoms with E-state index in [1.54, 1.807) is 0 Å². The zero-order valence-electron chi connectivity index (χ0n) is 12.6. The lowest BCUT2D eigenvalue weighted by Crippen LogP contribution is -2.15. The molecule has 0 saturated heterocycles. The van der Waals surface area contributed by atoms with Gasteiger partial charge in [0.05, 0.1) is 16.1 Å². The van der Waals surface area contributed by atoms with Crippen LogP contribution >= 0.6 is 0 Å². The van der Waals surface area contributed by atoms with E-state index in [1.165, 1.54) is 11.1 Å². The first-order chi connectivity index (χ1) is 8.16. The van der Waals surface area contributed by atoms with E-state index in [0.717, 1.165) is 0 Å². The maximum Gasteiger partial charge on any atom is 0.0687 e. The van der Waals surface area contributed by atoms with Gasteiger partial charge >= 0.3 is 0 Å². The SMILES string of the molecule is C[Si](C)(C)C=Cc1ccc(C=C[Si](C)(C)C)cc1. The molecule has 0 spiro atoms. The second-order valence-electron chi connectivity index (χ2n) is 7.07. The summed E-state index contributed by atoms with van der Waals surface area (Å²) in [6.07, 6.45) is 4.52. The molecular weight excluding hydrogens is 248 g/mol. The molecule has 0 unspecified atom stereocenters. The van der Waals surface area contributed by atoms with Crippen LogP contribution in [0, 0.1) is 0 Å². The lowest BCUT2D eigenvalue weighted by Gasteiger charge is -2.09. The molecule has 18 heavy (non-hydrogen) atoms. The van der Waals surface area contributed by atoms with Crippen molar-refractivity contribution in [2.24, 2.45) is 0 Å². The molecule has 0 aliphatic heterocycles. The zero-order valence-corrected chi connectivity index (χ0v) is 14.6. The highest BCUT2D eigenvalue weighted by atomic mass is 28.3. The molecule has 1 aromatic rings. The highest BCUT2D eigenvalue weighted by molar-refractivity contribution is 6.81. The predicted octanol–water partition coefficient (Wildman–Crippen LogP) is 5.47. The number of hydrogen-bond donors (Lipinski definition) is 0. The molecule has 0 N–H and O–H groups in total. The van der Waals surface area contributed by atoms with Crippen LogP contribution < -0.4 is 0 Å². The Morgan fingerprint density at radius 3 is 1.11 bits per heavy atom. The van der Waals surface area contributed by atoms with Gasteiger partial charge in [-0.3, -0.25) is 0 Å². The summed E-state index contributed by atoms with van der Waals surface area (Å²) in [7, 11) is -2.17. The van der Waals surface area contributed by atoms with Crippen LogP contribution in [0.15, 0.2) is 35.7 Å². The van der Waals surface area contributed by atoms with E-state index in [-0.39, 0.29) is 0 Å². The van der Waals surface area contributed by atoms with Crippen LogP contribution in [-0.4, -0.2) is 16.1 Å². The van der Waals surface area contributed by atoms with Gasteiger partial charge in [-0.1, -0.05) is 87.1 Å². The minimum atomic E-state index is -1.08. The molecule has 2 heteroatoms. The van der Waals surface area contributed by atoms with E-state index < -0.39 is 16.1 Å². The van der Waals surface area contributed by atoms with Crippen LogP contribution in [0.2, 0.25) is 39.3 Å². The van der Waals surface area contributed by atoms with Gasteiger partial charge in [0.2, 0.25) is 0 Å². The van der Waals surface area contributed by atoms with Crippen LogP contribution in [0.25, 0.3) is 12.2 Å². The largest absolute Gasteiger partial charge is 0.0944 e. The highest BCUT2D eigenvalue weighted by Gasteiger charge is 2.07. The van der Waals surface area contributed by atoms with Gasteiger partial charge in [-0.15, -0.1) is 0 Å². The molecule has 0 atom stereocenters. The van der Waals surface area contributed by atoms with E-state index in [1.807, 2.05) is 0 Å². The molecule has 0 amide bonds. The van der Waals surface area contributed by atoms with Crippen LogP contribution in [0.1, 0.15) is 11.1 Å². The van der Waals surface area contributed by atoms with Crippen molar-refractivity contribution < 1.29 is 0 Å². The third-order valence-electron chi connectivity index (χ3n) is 2.49. The molecule has 0 aliphatic carbocycles. The van der Waals surface area contributed by atoms with Gasteiger partial charge in [0, 0.05) is 0 Å². The Balaban J connectivity index is 2.75. The number of benzene rings is 1. The van der Waals surface area contributed by atoms with Gasteiger partial charge < -0.3 is 0 Å². The molecule has 1 aromatic carbocycles. The normalized spacial score (nSPS) is 13.7. The molecule has 0 fully saturated rings. The van der Waals surface area contributed by atoms with Crippen molar-refractivity contribution in [1.29, 1.82) is 0 Å². The molecular formula is C16H26Si2.